The maximum absolute atomic E-state index is 12.0. The average Bonchev–Trinajstić information content (AvgIpc) is 3.19. The lowest BCUT2D eigenvalue weighted by molar-refractivity contribution is 0.0922. The van der Waals surface area contributed by atoms with Crippen LogP contribution in [0.3, 0.4) is 0 Å². The Bertz CT molecular complexity index is 572. The molecule has 1 aliphatic rings. The van der Waals surface area contributed by atoms with Crippen LogP contribution in [0.25, 0.3) is 0 Å². The Morgan fingerprint density at radius 3 is 3.20 bits per heavy atom. The number of carbonyl (C=O) groups is 1. The van der Waals surface area contributed by atoms with Crippen molar-refractivity contribution < 1.29 is 13.7 Å². The Labute approximate surface area is 115 Å². The summed E-state index contributed by atoms with van der Waals surface area (Å²) in [7, 11) is 0. The van der Waals surface area contributed by atoms with Gasteiger partial charge in [-0.2, -0.15) is 4.98 Å². The fourth-order valence-corrected chi connectivity index (χ4v) is 2.23. The summed E-state index contributed by atoms with van der Waals surface area (Å²) in [4.78, 5) is 16.2. The molecule has 7 heteroatoms. The number of rotatable bonds is 4. The molecule has 0 radical (unpaired) electrons. The van der Waals surface area contributed by atoms with E-state index in [4.69, 9.17) is 8.94 Å². The summed E-state index contributed by atoms with van der Waals surface area (Å²) in [6, 6.07) is 3.39. The second-order valence-electron chi connectivity index (χ2n) is 4.82. The van der Waals surface area contributed by atoms with Gasteiger partial charge in [0.25, 0.3) is 11.7 Å². The molecule has 0 aromatic carbocycles. The van der Waals surface area contributed by atoms with Crippen LogP contribution in [0.1, 0.15) is 54.1 Å². The van der Waals surface area contributed by atoms with Gasteiger partial charge in [0.05, 0.1) is 18.3 Å². The summed E-state index contributed by atoms with van der Waals surface area (Å²) < 4.78 is 10.4. The number of amides is 1. The van der Waals surface area contributed by atoms with E-state index in [-0.39, 0.29) is 23.8 Å². The van der Waals surface area contributed by atoms with Crippen molar-refractivity contribution in [3.8, 4) is 0 Å². The fraction of sp³-hybridized carbons (Fsp3) is 0.462. The lowest BCUT2D eigenvalue weighted by atomic mass is 10.2. The van der Waals surface area contributed by atoms with Crippen LogP contribution in [0, 0.1) is 0 Å². The van der Waals surface area contributed by atoms with Gasteiger partial charge in [-0.1, -0.05) is 5.16 Å². The number of hydrogen-bond donors (Lipinski definition) is 2. The molecule has 20 heavy (non-hydrogen) atoms. The molecule has 2 aromatic rings. The van der Waals surface area contributed by atoms with Crippen molar-refractivity contribution in [2.24, 2.45) is 0 Å². The standard InChI is InChI=1S/C13H16N4O3/c1-8(10-5-3-7-19-10)15-12(18)11-16-13(20-17-11)9-4-2-6-14-9/h3,5,7-9,14H,2,4,6H2,1H3,(H,15,18)/t8-,9?/m1/s1. The molecule has 2 atom stereocenters. The molecule has 1 aliphatic heterocycles. The molecule has 0 bridgehead atoms. The number of carbonyl (C=O) groups excluding carboxylic acids is 1. The zero-order valence-electron chi connectivity index (χ0n) is 11.1. The van der Waals surface area contributed by atoms with E-state index >= 15 is 0 Å². The highest BCUT2D eigenvalue weighted by Crippen LogP contribution is 2.21. The summed E-state index contributed by atoms with van der Waals surface area (Å²) in [5.41, 5.74) is 0. The average molecular weight is 276 g/mol. The molecule has 0 spiro atoms. The fourth-order valence-electron chi connectivity index (χ4n) is 2.23. The molecular weight excluding hydrogens is 260 g/mol. The summed E-state index contributed by atoms with van der Waals surface area (Å²) in [6.45, 7) is 2.76. The molecule has 3 heterocycles. The van der Waals surface area contributed by atoms with Gasteiger partial charge in [0.2, 0.25) is 5.89 Å². The van der Waals surface area contributed by atoms with Gasteiger partial charge in [-0.3, -0.25) is 4.79 Å². The van der Waals surface area contributed by atoms with Gasteiger partial charge in [-0.05, 0) is 38.4 Å². The van der Waals surface area contributed by atoms with E-state index in [1.165, 1.54) is 0 Å². The van der Waals surface area contributed by atoms with Gasteiger partial charge in [0.1, 0.15) is 5.76 Å². The molecular formula is C13H16N4O3. The van der Waals surface area contributed by atoms with Crippen molar-refractivity contribution in [1.82, 2.24) is 20.8 Å². The summed E-state index contributed by atoms with van der Waals surface area (Å²) in [5.74, 6) is 0.826. The largest absolute Gasteiger partial charge is 0.467 e. The van der Waals surface area contributed by atoms with Gasteiger partial charge in [0.15, 0.2) is 0 Å². The number of nitrogens with zero attached hydrogens (tertiary/aromatic N) is 2. The van der Waals surface area contributed by atoms with Crippen LogP contribution >= 0.6 is 0 Å². The van der Waals surface area contributed by atoms with E-state index < -0.39 is 0 Å². The number of aromatic nitrogens is 2. The van der Waals surface area contributed by atoms with Crippen LogP contribution in [0.5, 0.6) is 0 Å². The molecule has 2 N–H and O–H groups in total. The molecule has 1 fully saturated rings. The topological polar surface area (TPSA) is 93.2 Å². The van der Waals surface area contributed by atoms with Crippen LogP contribution in [0.2, 0.25) is 0 Å². The highest BCUT2D eigenvalue weighted by Gasteiger charge is 2.25. The molecule has 0 saturated carbocycles. The van der Waals surface area contributed by atoms with Crippen molar-refractivity contribution in [3.63, 3.8) is 0 Å². The summed E-state index contributed by atoms with van der Waals surface area (Å²) in [5, 5.41) is 9.74. The molecule has 106 valence electrons. The van der Waals surface area contributed by atoms with Crippen molar-refractivity contribution in [2.45, 2.75) is 31.8 Å². The minimum absolute atomic E-state index is 0.0482. The second kappa shape index (κ2) is 5.46. The molecule has 7 nitrogen and oxygen atoms in total. The zero-order valence-corrected chi connectivity index (χ0v) is 11.1. The Balaban J connectivity index is 1.65. The summed E-state index contributed by atoms with van der Waals surface area (Å²) >= 11 is 0. The summed E-state index contributed by atoms with van der Waals surface area (Å²) in [6.07, 6.45) is 3.59. The van der Waals surface area contributed by atoms with Crippen LogP contribution in [0.15, 0.2) is 27.3 Å². The maximum Gasteiger partial charge on any atom is 0.293 e. The molecule has 1 saturated heterocycles. The molecule has 0 aliphatic carbocycles. The van der Waals surface area contributed by atoms with Crippen LogP contribution < -0.4 is 10.6 Å². The third-order valence-corrected chi connectivity index (χ3v) is 3.32. The molecule has 3 rings (SSSR count). The lowest BCUT2D eigenvalue weighted by Crippen LogP contribution is -2.27. The van der Waals surface area contributed by atoms with E-state index in [1.807, 2.05) is 6.92 Å². The monoisotopic (exact) mass is 276 g/mol. The molecule has 2 aromatic heterocycles. The minimum Gasteiger partial charge on any atom is -0.467 e. The molecule has 1 unspecified atom stereocenters. The van der Waals surface area contributed by atoms with E-state index in [9.17, 15) is 4.79 Å². The SMILES string of the molecule is C[C@@H](NC(=O)c1noc(C2CCCN2)n1)c1ccco1. The van der Waals surface area contributed by atoms with Crippen LogP contribution in [-0.4, -0.2) is 22.6 Å². The Morgan fingerprint density at radius 1 is 1.60 bits per heavy atom. The first-order valence-electron chi connectivity index (χ1n) is 6.65. The Kier molecular flexibility index (Phi) is 3.51. The number of furan rings is 1. The third kappa shape index (κ3) is 2.57. The highest BCUT2D eigenvalue weighted by molar-refractivity contribution is 5.90. The van der Waals surface area contributed by atoms with Gasteiger partial charge >= 0.3 is 0 Å². The first-order valence-corrected chi connectivity index (χ1v) is 6.65. The second-order valence-corrected chi connectivity index (χ2v) is 4.82. The van der Waals surface area contributed by atoms with Gasteiger partial charge < -0.3 is 19.6 Å². The number of hydrogen-bond acceptors (Lipinski definition) is 6. The van der Waals surface area contributed by atoms with E-state index in [0.717, 1.165) is 19.4 Å². The first kappa shape index (κ1) is 12.9. The van der Waals surface area contributed by atoms with Crippen LogP contribution in [0.4, 0.5) is 0 Å². The predicted octanol–water partition coefficient (Wildman–Crippen LogP) is 1.58. The Hall–Kier alpha value is -2.15. The zero-order chi connectivity index (χ0) is 13.9. The first-order chi connectivity index (χ1) is 9.74. The van der Waals surface area contributed by atoms with Gasteiger partial charge in [0, 0.05) is 0 Å². The Morgan fingerprint density at radius 2 is 2.50 bits per heavy atom. The normalized spacial score (nSPS) is 19.9. The predicted molar refractivity (Wildman–Crippen MR) is 68.9 cm³/mol. The van der Waals surface area contributed by atoms with E-state index in [0.29, 0.717) is 11.7 Å². The van der Waals surface area contributed by atoms with Crippen LogP contribution in [-0.2, 0) is 0 Å². The quantitative estimate of drug-likeness (QED) is 0.880. The van der Waals surface area contributed by atoms with Crippen molar-refractivity contribution >= 4 is 5.91 Å². The van der Waals surface area contributed by atoms with Crippen molar-refractivity contribution in [1.29, 1.82) is 0 Å². The smallest absolute Gasteiger partial charge is 0.293 e. The highest BCUT2D eigenvalue weighted by atomic mass is 16.5. The van der Waals surface area contributed by atoms with Crippen molar-refractivity contribution in [2.75, 3.05) is 6.54 Å². The minimum atomic E-state index is -0.373. The third-order valence-electron chi connectivity index (χ3n) is 3.32. The van der Waals surface area contributed by atoms with Gasteiger partial charge in [-0.15, -0.1) is 0 Å². The molecule has 1 amide bonds. The lowest BCUT2D eigenvalue weighted by Gasteiger charge is -2.08. The van der Waals surface area contributed by atoms with E-state index in [1.54, 1.807) is 18.4 Å². The van der Waals surface area contributed by atoms with Crippen molar-refractivity contribution in [3.05, 3.63) is 35.9 Å². The number of nitrogens with one attached hydrogen (secondary N) is 2. The van der Waals surface area contributed by atoms with E-state index in [2.05, 4.69) is 20.8 Å². The van der Waals surface area contributed by atoms with Gasteiger partial charge in [-0.25, -0.2) is 0 Å². The maximum atomic E-state index is 12.0.